The highest BCUT2D eigenvalue weighted by molar-refractivity contribution is 5.97. The van der Waals surface area contributed by atoms with Crippen molar-refractivity contribution in [2.24, 2.45) is 5.92 Å². The van der Waals surface area contributed by atoms with E-state index in [0.717, 1.165) is 17.0 Å². The maximum absolute atomic E-state index is 12.1. The Hall–Kier alpha value is -1.81. The first-order chi connectivity index (χ1) is 9.00. The highest BCUT2D eigenvalue weighted by Crippen LogP contribution is 2.44. The molecule has 2 aliphatic rings. The average molecular weight is 259 g/mol. The lowest BCUT2D eigenvalue weighted by Crippen LogP contribution is -2.40. The minimum absolute atomic E-state index is 0.0191. The normalized spacial score (nSPS) is 27.2. The molecule has 4 nitrogen and oxygen atoms in total. The van der Waals surface area contributed by atoms with Crippen molar-refractivity contribution in [3.05, 3.63) is 35.9 Å². The lowest BCUT2D eigenvalue weighted by molar-refractivity contribution is -0.131. The highest BCUT2D eigenvalue weighted by Gasteiger charge is 2.40. The topological polar surface area (TPSA) is 47.6 Å². The molecule has 0 bridgehead atoms. The molecule has 0 aliphatic carbocycles. The summed E-state index contributed by atoms with van der Waals surface area (Å²) in [6.07, 6.45) is 3.63. The molecule has 3 rings (SSSR count). The predicted octanol–water partition coefficient (Wildman–Crippen LogP) is 2.67. The smallest absolute Gasteiger partial charge is 0.234 e. The van der Waals surface area contributed by atoms with E-state index >= 15 is 0 Å². The second-order valence-corrected chi connectivity index (χ2v) is 5.47. The Kier molecular flexibility index (Phi) is 2.64. The third-order valence-electron chi connectivity index (χ3n) is 3.59. The summed E-state index contributed by atoms with van der Waals surface area (Å²) in [6.45, 7) is 3.98. The molecule has 2 aliphatic heterocycles. The Morgan fingerprint density at radius 1 is 1.37 bits per heavy atom. The standard InChI is InChI=1S/C15H17NO3/c1-15(2)7-6-10-13(19-15)11-8-9(18-3)4-5-12(11)16-14(10)17/h4-8,10,13H,1-3H3,(H,16,17). The van der Waals surface area contributed by atoms with Crippen LogP contribution < -0.4 is 10.1 Å². The largest absolute Gasteiger partial charge is 0.497 e. The van der Waals surface area contributed by atoms with Crippen molar-refractivity contribution >= 4 is 11.6 Å². The molecule has 1 aromatic rings. The molecule has 1 amide bonds. The average Bonchev–Trinajstić information content (AvgIpc) is 2.37. The van der Waals surface area contributed by atoms with Gasteiger partial charge in [0.1, 0.15) is 11.9 Å². The molecule has 1 aromatic carbocycles. The Bertz CT molecular complexity index is 563. The van der Waals surface area contributed by atoms with Gasteiger partial charge in [-0.15, -0.1) is 0 Å². The van der Waals surface area contributed by atoms with Gasteiger partial charge in [-0.3, -0.25) is 4.79 Å². The van der Waals surface area contributed by atoms with Gasteiger partial charge in [0.15, 0.2) is 0 Å². The third kappa shape index (κ3) is 2.02. The van der Waals surface area contributed by atoms with Crippen LogP contribution in [0.25, 0.3) is 0 Å². The van der Waals surface area contributed by atoms with Crippen molar-refractivity contribution < 1.29 is 14.3 Å². The second kappa shape index (κ2) is 4.10. The Morgan fingerprint density at radius 2 is 2.16 bits per heavy atom. The first kappa shape index (κ1) is 12.2. The summed E-state index contributed by atoms with van der Waals surface area (Å²) in [5.74, 6) is 0.478. The quantitative estimate of drug-likeness (QED) is 0.789. The van der Waals surface area contributed by atoms with Gasteiger partial charge in [0.05, 0.1) is 18.6 Å². The van der Waals surface area contributed by atoms with Crippen LogP contribution >= 0.6 is 0 Å². The molecular weight excluding hydrogens is 242 g/mol. The summed E-state index contributed by atoms with van der Waals surface area (Å²) in [6, 6.07) is 5.63. The lowest BCUT2D eigenvalue weighted by atomic mass is 9.85. The number of amides is 1. The van der Waals surface area contributed by atoms with Crippen molar-refractivity contribution in [1.29, 1.82) is 0 Å². The predicted molar refractivity (Wildman–Crippen MR) is 72.2 cm³/mol. The minimum Gasteiger partial charge on any atom is -0.497 e. The number of fused-ring (bicyclic) bond motifs is 3. The Morgan fingerprint density at radius 3 is 2.89 bits per heavy atom. The molecule has 0 saturated carbocycles. The number of hydrogen-bond acceptors (Lipinski definition) is 3. The summed E-state index contributed by atoms with van der Waals surface area (Å²) in [5.41, 5.74) is 1.42. The van der Waals surface area contributed by atoms with Crippen LogP contribution in [0.3, 0.4) is 0 Å². The first-order valence-corrected chi connectivity index (χ1v) is 6.36. The monoisotopic (exact) mass is 259 g/mol. The molecule has 100 valence electrons. The fourth-order valence-corrected chi connectivity index (χ4v) is 2.59. The Balaban J connectivity index is 2.09. The number of ether oxygens (including phenoxy) is 2. The van der Waals surface area contributed by atoms with Crippen LogP contribution in [0.5, 0.6) is 5.75 Å². The van der Waals surface area contributed by atoms with E-state index in [4.69, 9.17) is 9.47 Å². The van der Waals surface area contributed by atoms with E-state index < -0.39 is 0 Å². The number of nitrogens with one attached hydrogen (secondary N) is 1. The van der Waals surface area contributed by atoms with E-state index in [2.05, 4.69) is 5.32 Å². The van der Waals surface area contributed by atoms with Crippen molar-refractivity contribution in [2.75, 3.05) is 12.4 Å². The van der Waals surface area contributed by atoms with Gasteiger partial charge in [-0.1, -0.05) is 12.2 Å². The number of benzene rings is 1. The van der Waals surface area contributed by atoms with E-state index in [0.29, 0.717) is 0 Å². The molecule has 2 unspecified atom stereocenters. The SMILES string of the molecule is COc1ccc2c(c1)C1OC(C)(C)C=CC1C(=O)N2. The molecule has 2 heterocycles. The van der Waals surface area contributed by atoms with Gasteiger partial charge < -0.3 is 14.8 Å². The summed E-state index contributed by atoms with van der Waals surface area (Å²) >= 11 is 0. The molecule has 0 fully saturated rings. The number of hydrogen-bond donors (Lipinski definition) is 1. The van der Waals surface area contributed by atoms with E-state index in [1.165, 1.54) is 0 Å². The summed E-state index contributed by atoms with van der Waals surface area (Å²) < 4.78 is 11.3. The molecule has 0 spiro atoms. The number of methoxy groups -OCH3 is 1. The first-order valence-electron chi connectivity index (χ1n) is 6.36. The maximum Gasteiger partial charge on any atom is 0.234 e. The van der Waals surface area contributed by atoms with Crippen LogP contribution in [0, 0.1) is 5.92 Å². The zero-order chi connectivity index (χ0) is 13.6. The summed E-state index contributed by atoms with van der Waals surface area (Å²) in [7, 11) is 1.63. The van der Waals surface area contributed by atoms with Crippen molar-refractivity contribution in [3.8, 4) is 5.75 Å². The van der Waals surface area contributed by atoms with Gasteiger partial charge in [-0.25, -0.2) is 0 Å². The molecule has 0 radical (unpaired) electrons. The van der Waals surface area contributed by atoms with Crippen molar-refractivity contribution in [1.82, 2.24) is 0 Å². The van der Waals surface area contributed by atoms with Gasteiger partial charge in [0.2, 0.25) is 5.91 Å². The highest BCUT2D eigenvalue weighted by atomic mass is 16.5. The fraction of sp³-hybridized carbons (Fsp3) is 0.400. The molecular formula is C15H17NO3. The van der Waals surface area contributed by atoms with E-state index in [1.807, 2.05) is 44.2 Å². The number of rotatable bonds is 1. The van der Waals surface area contributed by atoms with Gasteiger partial charge >= 0.3 is 0 Å². The third-order valence-corrected chi connectivity index (χ3v) is 3.59. The van der Waals surface area contributed by atoms with E-state index in [9.17, 15) is 4.79 Å². The van der Waals surface area contributed by atoms with Crippen molar-refractivity contribution in [2.45, 2.75) is 25.6 Å². The van der Waals surface area contributed by atoms with Gasteiger partial charge in [0.25, 0.3) is 0 Å². The zero-order valence-electron chi connectivity index (χ0n) is 11.3. The lowest BCUT2D eigenvalue weighted by Gasteiger charge is -2.39. The molecule has 1 N–H and O–H groups in total. The van der Waals surface area contributed by atoms with Crippen LogP contribution in [0.4, 0.5) is 5.69 Å². The van der Waals surface area contributed by atoms with Crippen molar-refractivity contribution in [3.63, 3.8) is 0 Å². The Labute approximate surface area is 112 Å². The zero-order valence-corrected chi connectivity index (χ0v) is 11.3. The molecule has 4 heteroatoms. The van der Waals surface area contributed by atoms with Crippen LogP contribution in [0.1, 0.15) is 25.5 Å². The second-order valence-electron chi connectivity index (χ2n) is 5.47. The molecule has 2 atom stereocenters. The van der Waals surface area contributed by atoms with E-state index in [-0.39, 0.29) is 23.5 Å². The molecule has 0 aromatic heterocycles. The van der Waals surface area contributed by atoms with Crippen LogP contribution in [0.2, 0.25) is 0 Å². The van der Waals surface area contributed by atoms with Crippen LogP contribution in [-0.4, -0.2) is 18.6 Å². The number of carbonyl (C=O) groups excluding carboxylic acids is 1. The van der Waals surface area contributed by atoms with E-state index in [1.54, 1.807) is 7.11 Å². The van der Waals surface area contributed by atoms with Crippen LogP contribution in [0.15, 0.2) is 30.4 Å². The fourth-order valence-electron chi connectivity index (χ4n) is 2.59. The van der Waals surface area contributed by atoms with Gasteiger partial charge in [0, 0.05) is 11.3 Å². The molecule has 0 saturated heterocycles. The summed E-state index contributed by atoms with van der Waals surface area (Å²) in [4.78, 5) is 12.1. The van der Waals surface area contributed by atoms with Gasteiger partial charge in [-0.05, 0) is 32.0 Å². The van der Waals surface area contributed by atoms with Crippen LogP contribution in [-0.2, 0) is 9.53 Å². The van der Waals surface area contributed by atoms with Gasteiger partial charge in [-0.2, -0.15) is 0 Å². The number of anilines is 1. The molecule has 19 heavy (non-hydrogen) atoms. The minimum atomic E-state index is -0.362. The maximum atomic E-state index is 12.1. The number of carbonyl (C=O) groups is 1. The summed E-state index contributed by atoms with van der Waals surface area (Å²) in [5, 5.41) is 2.91.